The second-order valence-electron chi connectivity index (χ2n) is 3.36. The molecule has 1 atom stereocenters. The van der Waals surface area contributed by atoms with E-state index in [1.54, 1.807) is 0 Å². The number of nitro groups is 1. The van der Waals surface area contributed by atoms with Crippen LogP contribution in [0, 0.1) is 15.9 Å². The van der Waals surface area contributed by atoms with Crippen molar-refractivity contribution >= 4 is 0 Å². The molecule has 0 spiro atoms. The predicted molar refractivity (Wildman–Crippen MR) is 48.2 cm³/mol. The zero-order valence-electron chi connectivity index (χ0n) is 8.24. The number of aliphatic hydroxyl groups is 1. The number of benzene rings is 1. The van der Waals surface area contributed by atoms with Crippen LogP contribution in [0.25, 0.3) is 0 Å². The molecule has 0 radical (unpaired) electrons. The normalized spacial score (nSPS) is 15.4. The molecule has 0 saturated carbocycles. The minimum Gasteiger partial charge on any atom is -0.371 e. The Morgan fingerprint density at radius 3 is 2.35 bits per heavy atom. The van der Waals surface area contributed by atoms with Crippen molar-refractivity contribution in [3.63, 3.8) is 0 Å². The maximum absolute atomic E-state index is 12.8. The average molecular weight is 253 g/mol. The molecule has 0 aliphatic carbocycles. The molecular formula is C9H7F4NO3. The molecule has 0 aliphatic heterocycles. The third-order valence-electron chi connectivity index (χ3n) is 2.13. The summed E-state index contributed by atoms with van der Waals surface area (Å²) in [5.41, 5.74) is -4.60. The number of hydrogen-bond acceptors (Lipinski definition) is 3. The van der Waals surface area contributed by atoms with Crippen molar-refractivity contribution in [2.24, 2.45) is 0 Å². The number of hydrogen-bond donors (Lipinski definition) is 1. The van der Waals surface area contributed by atoms with E-state index < -0.39 is 34.6 Å². The van der Waals surface area contributed by atoms with Crippen molar-refractivity contribution in [3.8, 4) is 0 Å². The average Bonchev–Trinajstić information content (AvgIpc) is 2.14. The molecule has 1 aromatic rings. The van der Waals surface area contributed by atoms with Gasteiger partial charge in [0.05, 0.1) is 0 Å². The van der Waals surface area contributed by atoms with E-state index in [-0.39, 0.29) is 0 Å². The molecule has 0 saturated heterocycles. The highest BCUT2D eigenvalue weighted by molar-refractivity contribution is 5.25. The number of nitrogens with zero attached hydrogens (tertiary/aromatic N) is 1. The van der Waals surface area contributed by atoms with Crippen LogP contribution >= 0.6 is 0 Å². The summed E-state index contributed by atoms with van der Waals surface area (Å²) < 4.78 is 50.6. The van der Waals surface area contributed by atoms with Gasteiger partial charge in [0, 0.05) is 10.5 Å². The Bertz CT molecular complexity index is 434. The van der Waals surface area contributed by atoms with E-state index >= 15 is 0 Å². The lowest BCUT2D eigenvalue weighted by molar-refractivity contribution is -0.519. The van der Waals surface area contributed by atoms with Crippen LogP contribution in [0.2, 0.25) is 0 Å². The lowest BCUT2D eigenvalue weighted by atomic mass is 9.93. The Hall–Kier alpha value is -1.70. The standard InChI is InChI=1S/C9H7F4NO3/c10-7-3-1-2-6(4-7)8(15,5-14(16)17)9(11,12)13/h1-4,15H,5H2. The monoisotopic (exact) mass is 253 g/mol. The molecule has 94 valence electrons. The molecule has 0 bridgehead atoms. The van der Waals surface area contributed by atoms with Gasteiger partial charge in [-0.2, -0.15) is 13.2 Å². The fourth-order valence-corrected chi connectivity index (χ4v) is 1.28. The smallest absolute Gasteiger partial charge is 0.371 e. The number of halogens is 4. The molecule has 1 aromatic carbocycles. The van der Waals surface area contributed by atoms with Gasteiger partial charge in [0.25, 0.3) is 5.60 Å². The van der Waals surface area contributed by atoms with E-state index in [4.69, 9.17) is 0 Å². The fourth-order valence-electron chi connectivity index (χ4n) is 1.28. The topological polar surface area (TPSA) is 63.4 Å². The first-order valence-corrected chi connectivity index (χ1v) is 4.34. The number of rotatable bonds is 3. The minimum absolute atomic E-state index is 0.414. The third-order valence-corrected chi connectivity index (χ3v) is 2.13. The maximum Gasteiger partial charge on any atom is 0.428 e. The van der Waals surface area contributed by atoms with Gasteiger partial charge in [0.2, 0.25) is 6.54 Å². The van der Waals surface area contributed by atoms with E-state index in [9.17, 15) is 32.8 Å². The molecule has 0 aliphatic rings. The maximum atomic E-state index is 12.8. The highest BCUT2D eigenvalue weighted by Gasteiger charge is 2.59. The molecule has 0 aromatic heterocycles. The third kappa shape index (κ3) is 2.70. The van der Waals surface area contributed by atoms with Crippen LogP contribution < -0.4 is 0 Å². The quantitative estimate of drug-likeness (QED) is 0.508. The van der Waals surface area contributed by atoms with Crippen molar-refractivity contribution < 1.29 is 27.6 Å². The Kier molecular flexibility index (Phi) is 3.37. The highest BCUT2D eigenvalue weighted by atomic mass is 19.4. The van der Waals surface area contributed by atoms with Gasteiger partial charge in [0.15, 0.2) is 0 Å². The lowest BCUT2D eigenvalue weighted by Gasteiger charge is -2.26. The van der Waals surface area contributed by atoms with E-state index in [2.05, 4.69) is 0 Å². The molecule has 4 nitrogen and oxygen atoms in total. The van der Waals surface area contributed by atoms with E-state index in [1.165, 1.54) is 0 Å². The Morgan fingerprint density at radius 1 is 1.35 bits per heavy atom. The first-order valence-electron chi connectivity index (χ1n) is 4.34. The van der Waals surface area contributed by atoms with Crippen LogP contribution in [0.5, 0.6) is 0 Å². The zero-order valence-corrected chi connectivity index (χ0v) is 8.24. The molecule has 8 heteroatoms. The molecule has 1 N–H and O–H groups in total. The number of alkyl halides is 3. The minimum atomic E-state index is -5.27. The molecule has 1 unspecified atom stereocenters. The van der Waals surface area contributed by atoms with Crippen LogP contribution in [0.1, 0.15) is 5.56 Å². The largest absolute Gasteiger partial charge is 0.428 e. The second-order valence-corrected chi connectivity index (χ2v) is 3.36. The van der Waals surface area contributed by atoms with Crippen LogP contribution in [-0.2, 0) is 5.60 Å². The Morgan fingerprint density at radius 2 is 1.94 bits per heavy atom. The van der Waals surface area contributed by atoms with Crippen LogP contribution in [0.3, 0.4) is 0 Å². The summed E-state index contributed by atoms with van der Waals surface area (Å²) in [7, 11) is 0. The van der Waals surface area contributed by atoms with Gasteiger partial charge in [-0.15, -0.1) is 0 Å². The predicted octanol–water partition coefficient (Wildman–Crippen LogP) is 1.85. The molecule has 0 fully saturated rings. The Labute approximate surface area is 92.6 Å². The van der Waals surface area contributed by atoms with Crippen LogP contribution in [0.4, 0.5) is 17.6 Å². The fraction of sp³-hybridized carbons (Fsp3) is 0.333. The SMILES string of the molecule is O=[N+]([O-])CC(O)(c1cccc(F)c1)C(F)(F)F. The van der Waals surface area contributed by atoms with Crippen molar-refractivity contribution in [3.05, 3.63) is 45.8 Å². The lowest BCUT2D eigenvalue weighted by Crippen LogP contribution is -2.47. The van der Waals surface area contributed by atoms with Crippen molar-refractivity contribution in [2.75, 3.05) is 6.54 Å². The van der Waals surface area contributed by atoms with Crippen molar-refractivity contribution in [1.29, 1.82) is 0 Å². The van der Waals surface area contributed by atoms with E-state index in [1.807, 2.05) is 0 Å². The zero-order chi connectivity index (χ0) is 13.3. The highest BCUT2D eigenvalue weighted by Crippen LogP contribution is 2.39. The van der Waals surface area contributed by atoms with Crippen LogP contribution in [-0.4, -0.2) is 22.8 Å². The molecular weight excluding hydrogens is 246 g/mol. The molecule has 17 heavy (non-hydrogen) atoms. The summed E-state index contributed by atoms with van der Waals surface area (Å²) in [5.74, 6) is -1.02. The summed E-state index contributed by atoms with van der Waals surface area (Å²) in [6.45, 7) is -1.78. The summed E-state index contributed by atoms with van der Waals surface area (Å²) >= 11 is 0. The van der Waals surface area contributed by atoms with Gasteiger partial charge in [-0.1, -0.05) is 12.1 Å². The van der Waals surface area contributed by atoms with Crippen molar-refractivity contribution in [2.45, 2.75) is 11.8 Å². The summed E-state index contributed by atoms with van der Waals surface area (Å²) in [5, 5.41) is 19.6. The molecule has 0 amide bonds. The van der Waals surface area contributed by atoms with Gasteiger partial charge in [0.1, 0.15) is 5.82 Å². The molecule has 1 rings (SSSR count). The van der Waals surface area contributed by atoms with Gasteiger partial charge >= 0.3 is 6.18 Å². The van der Waals surface area contributed by atoms with Gasteiger partial charge in [-0.3, -0.25) is 10.1 Å². The molecule has 0 heterocycles. The summed E-state index contributed by atoms with van der Waals surface area (Å²) in [6.07, 6.45) is -5.27. The van der Waals surface area contributed by atoms with E-state index in [0.717, 1.165) is 18.2 Å². The first-order chi connectivity index (χ1) is 7.67. The van der Waals surface area contributed by atoms with Crippen LogP contribution in [0.15, 0.2) is 24.3 Å². The van der Waals surface area contributed by atoms with Crippen molar-refractivity contribution in [1.82, 2.24) is 0 Å². The van der Waals surface area contributed by atoms with Gasteiger partial charge < -0.3 is 5.11 Å². The van der Waals surface area contributed by atoms with Gasteiger partial charge in [-0.25, -0.2) is 4.39 Å². The Balaban J connectivity index is 3.29. The first kappa shape index (κ1) is 13.4. The second kappa shape index (κ2) is 4.28. The van der Waals surface area contributed by atoms with E-state index in [0.29, 0.717) is 6.07 Å². The summed E-state index contributed by atoms with van der Waals surface area (Å²) in [4.78, 5) is 8.86. The van der Waals surface area contributed by atoms with Gasteiger partial charge in [-0.05, 0) is 12.1 Å². The summed E-state index contributed by atoms with van der Waals surface area (Å²) in [6, 6.07) is 2.99.